The van der Waals surface area contributed by atoms with Gasteiger partial charge in [0.25, 0.3) is 0 Å². The van der Waals surface area contributed by atoms with Crippen LogP contribution in [0.3, 0.4) is 0 Å². The Bertz CT molecular complexity index is 1260. The van der Waals surface area contributed by atoms with Crippen molar-refractivity contribution in [2.24, 2.45) is 10.6 Å². The van der Waals surface area contributed by atoms with E-state index in [2.05, 4.69) is 15.0 Å². The number of oxime groups is 1. The first kappa shape index (κ1) is 35.4. The van der Waals surface area contributed by atoms with Crippen LogP contribution in [0.25, 0.3) is 0 Å². The molecule has 1 aromatic rings. The number of esters is 1. The van der Waals surface area contributed by atoms with Crippen molar-refractivity contribution < 1.29 is 45.8 Å². The standard InChI is InChI=1S/C33H47F5N4O5/c1-5-44-25-16-23(17-26(45-6-2)28(25)24-8-12-40(13-9-24)22-32(34,35)33(36,37)38)19-41-20-31(21-41)18-27(39-47-31)42-14-10-30(4,11-15-42)29(43)46-7-3/h16-17,24H,5-15,18-22H2,1-4H3. The highest BCUT2D eigenvalue weighted by molar-refractivity contribution is 5.85. The fraction of sp³-hybridized carbons (Fsp3) is 0.758. The number of carbonyl (C=O) groups excluding carboxylic acids is 1. The van der Waals surface area contributed by atoms with Crippen molar-refractivity contribution in [3.8, 4) is 11.5 Å². The second-order valence-electron chi connectivity index (χ2n) is 13.5. The summed E-state index contributed by atoms with van der Waals surface area (Å²) in [6.45, 7) is 11.1. The highest BCUT2D eigenvalue weighted by Crippen LogP contribution is 2.44. The molecule has 0 saturated carbocycles. The van der Waals surface area contributed by atoms with Gasteiger partial charge in [0.1, 0.15) is 17.3 Å². The molecule has 47 heavy (non-hydrogen) atoms. The van der Waals surface area contributed by atoms with Gasteiger partial charge in [0.2, 0.25) is 0 Å². The van der Waals surface area contributed by atoms with E-state index in [1.54, 1.807) is 0 Å². The Hall–Kier alpha value is -2.87. The number of rotatable bonds is 11. The Balaban J connectivity index is 1.18. The number of hydrogen-bond acceptors (Lipinski definition) is 9. The third-order valence-corrected chi connectivity index (χ3v) is 9.85. The Labute approximate surface area is 273 Å². The number of carbonyl (C=O) groups is 1. The lowest BCUT2D eigenvalue weighted by Gasteiger charge is -2.46. The fourth-order valence-corrected chi connectivity index (χ4v) is 7.20. The lowest BCUT2D eigenvalue weighted by molar-refractivity contribution is -0.287. The quantitative estimate of drug-likeness (QED) is 0.215. The predicted octanol–water partition coefficient (Wildman–Crippen LogP) is 5.81. The molecule has 0 unspecified atom stereocenters. The predicted molar refractivity (Wildman–Crippen MR) is 165 cm³/mol. The van der Waals surface area contributed by atoms with Gasteiger partial charge in [-0.1, -0.05) is 5.16 Å². The van der Waals surface area contributed by atoms with Crippen LogP contribution in [-0.2, 0) is 20.9 Å². The van der Waals surface area contributed by atoms with Crippen LogP contribution < -0.4 is 9.47 Å². The van der Waals surface area contributed by atoms with Gasteiger partial charge in [-0.15, -0.1) is 0 Å². The summed E-state index contributed by atoms with van der Waals surface area (Å²) in [5, 5.41) is 4.44. The summed E-state index contributed by atoms with van der Waals surface area (Å²) in [6, 6.07) is 3.98. The van der Waals surface area contributed by atoms with Gasteiger partial charge in [0, 0.05) is 38.3 Å². The summed E-state index contributed by atoms with van der Waals surface area (Å²) in [4.78, 5) is 24.1. The normalized spacial score (nSPS) is 22.1. The van der Waals surface area contributed by atoms with Crippen LogP contribution in [0.15, 0.2) is 17.3 Å². The Morgan fingerprint density at radius 2 is 1.53 bits per heavy atom. The van der Waals surface area contributed by atoms with Crippen LogP contribution in [0.5, 0.6) is 11.5 Å². The van der Waals surface area contributed by atoms with E-state index in [9.17, 15) is 26.7 Å². The maximum Gasteiger partial charge on any atom is 0.454 e. The average Bonchev–Trinajstić information content (AvgIpc) is 3.43. The molecular weight excluding hydrogens is 627 g/mol. The Morgan fingerprint density at radius 3 is 2.06 bits per heavy atom. The van der Waals surface area contributed by atoms with Gasteiger partial charge in [0.15, 0.2) is 5.60 Å². The van der Waals surface area contributed by atoms with E-state index in [0.717, 1.165) is 30.1 Å². The highest BCUT2D eigenvalue weighted by atomic mass is 19.4. The van der Waals surface area contributed by atoms with Crippen LogP contribution >= 0.6 is 0 Å². The molecule has 0 amide bonds. The molecule has 4 aliphatic heterocycles. The molecular formula is C33H47F5N4O5. The van der Waals surface area contributed by atoms with Gasteiger partial charge in [-0.05, 0) is 90.1 Å². The van der Waals surface area contributed by atoms with E-state index in [1.807, 2.05) is 39.8 Å². The van der Waals surface area contributed by atoms with Crippen molar-refractivity contribution in [2.75, 3.05) is 65.6 Å². The number of benzene rings is 1. The second-order valence-corrected chi connectivity index (χ2v) is 13.5. The van der Waals surface area contributed by atoms with Crippen molar-refractivity contribution in [3.63, 3.8) is 0 Å². The number of hydrogen-bond donors (Lipinski definition) is 0. The van der Waals surface area contributed by atoms with Crippen molar-refractivity contribution in [1.29, 1.82) is 0 Å². The summed E-state index contributed by atoms with van der Waals surface area (Å²) in [5.41, 5.74) is 0.989. The molecule has 3 fully saturated rings. The molecule has 0 N–H and O–H groups in total. The molecule has 0 radical (unpaired) electrons. The van der Waals surface area contributed by atoms with E-state index in [1.165, 1.54) is 4.90 Å². The molecule has 5 rings (SSSR count). The van der Waals surface area contributed by atoms with E-state index >= 15 is 0 Å². The third-order valence-electron chi connectivity index (χ3n) is 9.85. The number of amidine groups is 1. The summed E-state index contributed by atoms with van der Waals surface area (Å²) in [7, 11) is 0. The zero-order chi connectivity index (χ0) is 34.0. The zero-order valence-electron chi connectivity index (χ0n) is 27.8. The van der Waals surface area contributed by atoms with Crippen molar-refractivity contribution in [3.05, 3.63) is 23.3 Å². The van der Waals surface area contributed by atoms with E-state index in [0.29, 0.717) is 83.1 Å². The number of halogens is 5. The number of ether oxygens (including phenoxy) is 3. The largest absolute Gasteiger partial charge is 0.493 e. The number of alkyl halides is 5. The number of piperidine rings is 2. The molecule has 3 saturated heterocycles. The van der Waals surface area contributed by atoms with Crippen LogP contribution in [0.4, 0.5) is 22.0 Å². The molecule has 0 aromatic heterocycles. The molecule has 0 bridgehead atoms. The Kier molecular flexibility index (Phi) is 10.5. The smallest absolute Gasteiger partial charge is 0.454 e. The molecule has 264 valence electrons. The molecule has 4 aliphatic rings. The first-order valence-corrected chi connectivity index (χ1v) is 16.7. The molecule has 1 spiro atoms. The lowest BCUT2D eigenvalue weighted by Crippen LogP contribution is -2.61. The van der Waals surface area contributed by atoms with E-state index < -0.39 is 24.1 Å². The molecule has 4 heterocycles. The summed E-state index contributed by atoms with van der Waals surface area (Å²) in [6.07, 6.45) is -2.61. The summed E-state index contributed by atoms with van der Waals surface area (Å²) < 4.78 is 83.1. The zero-order valence-corrected chi connectivity index (χ0v) is 27.8. The van der Waals surface area contributed by atoms with Gasteiger partial charge in [0.05, 0.1) is 38.2 Å². The van der Waals surface area contributed by atoms with Crippen molar-refractivity contribution in [2.45, 2.75) is 90.0 Å². The maximum absolute atomic E-state index is 13.7. The minimum Gasteiger partial charge on any atom is -0.493 e. The van der Waals surface area contributed by atoms with Gasteiger partial charge in [-0.3, -0.25) is 14.6 Å². The first-order chi connectivity index (χ1) is 22.2. The number of likely N-dealkylation sites (tertiary alicyclic amines) is 3. The lowest BCUT2D eigenvalue weighted by atomic mass is 9.80. The van der Waals surface area contributed by atoms with Crippen molar-refractivity contribution in [1.82, 2.24) is 14.7 Å². The topological polar surface area (TPSA) is 76.1 Å². The SMILES string of the molecule is CCOC(=O)C1(C)CCN(C2=NOC3(C2)CN(Cc2cc(OCC)c(C4CCN(CC(F)(F)C(F)(F)F)CC4)c(OCC)c2)C3)CC1. The molecule has 1 aromatic carbocycles. The van der Waals surface area contributed by atoms with Crippen LogP contribution in [-0.4, -0.2) is 110 Å². The molecule has 14 heteroatoms. The van der Waals surface area contributed by atoms with Gasteiger partial charge >= 0.3 is 18.1 Å². The highest BCUT2D eigenvalue weighted by Gasteiger charge is 2.58. The molecule has 0 atom stereocenters. The molecule has 9 nitrogen and oxygen atoms in total. The minimum absolute atomic E-state index is 0.0948. The van der Waals surface area contributed by atoms with E-state index in [4.69, 9.17) is 19.0 Å². The molecule has 0 aliphatic carbocycles. The third kappa shape index (κ3) is 7.73. The van der Waals surface area contributed by atoms with Gasteiger partial charge < -0.3 is 23.9 Å². The van der Waals surface area contributed by atoms with E-state index in [-0.39, 0.29) is 30.6 Å². The van der Waals surface area contributed by atoms with Gasteiger partial charge in [-0.2, -0.15) is 22.0 Å². The first-order valence-electron chi connectivity index (χ1n) is 16.7. The van der Waals surface area contributed by atoms with Crippen LogP contribution in [0.1, 0.15) is 76.8 Å². The van der Waals surface area contributed by atoms with Crippen LogP contribution in [0, 0.1) is 5.41 Å². The fourth-order valence-electron chi connectivity index (χ4n) is 7.20. The van der Waals surface area contributed by atoms with Crippen LogP contribution in [0.2, 0.25) is 0 Å². The second kappa shape index (κ2) is 13.9. The minimum atomic E-state index is -5.57. The van der Waals surface area contributed by atoms with Gasteiger partial charge in [-0.25, -0.2) is 0 Å². The maximum atomic E-state index is 13.7. The average molecular weight is 675 g/mol. The Morgan fingerprint density at radius 1 is 0.936 bits per heavy atom. The van der Waals surface area contributed by atoms with Crippen molar-refractivity contribution >= 4 is 11.8 Å². The summed E-state index contributed by atoms with van der Waals surface area (Å²) in [5.74, 6) is -2.74. The monoisotopic (exact) mass is 674 g/mol. The number of nitrogens with zero attached hydrogens (tertiary/aromatic N) is 4. The summed E-state index contributed by atoms with van der Waals surface area (Å²) >= 11 is 0.